The molecular formula is C17H12N2. The lowest BCUT2D eigenvalue weighted by Gasteiger charge is -1.95. The number of allylic oxidation sites excluding steroid dienone is 3. The topological polar surface area (TPSA) is 28.1 Å². The van der Waals surface area contributed by atoms with E-state index in [4.69, 9.17) is 0 Å². The summed E-state index contributed by atoms with van der Waals surface area (Å²) in [7, 11) is 0. The summed E-state index contributed by atoms with van der Waals surface area (Å²) in [6.45, 7) is 0. The SMILES string of the molecule is C1=C\C=c2\ccc3[nH]c4ccccc4c3\c2=N\C=C/1. The molecule has 2 heteroatoms. The van der Waals surface area contributed by atoms with Crippen molar-refractivity contribution in [3.63, 3.8) is 0 Å². The van der Waals surface area contributed by atoms with Crippen LogP contribution >= 0.6 is 0 Å². The fraction of sp³-hybridized carbons (Fsp3) is 0. The van der Waals surface area contributed by atoms with Crippen molar-refractivity contribution in [3.8, 4) is 0 Å². The van der Waals surface area contributed by atoms with Crippen LogP contribution in [-0.2, 0) is 0 Å². The van der Waals surface area contributed by atoms with Crippen LogP contribution in [0.15, 0.2) is 65.8 Å². The number of hydrogen-bond acceptors (Lipinski definition) is 1. The minimum atomic E-state index is 1.04. The molecule has 0 atom stereocenters. The first-order valence-corrected chi connectivity index (χ1v) is 6.34. The van der Waals surface area contributed by atoms with Crippen LogP contribution in [0.4, 0.5) is 0 Å². The third kappa shape index (κ3) is 1.54. The average Bonchev–Trinajstić information content (AvgIpc) is 2.77. The molecule has 0 aliphatic carbocycles. The zero-order valence-electron chi connectivity index (χ0n) is 10.3. The van der Waals surface area contributed by atoms with Crippen LogP contribution in [0.5, 0.6) is 0 Å². The van der Waals surface area contributed by atoms with Gasteiger partial charge in [0, 0.05) is 33.2 Å². The van der Waals surface area contributed by atoms with Gasteiger partial charge in [0.25, 0.3) is 0 Å². The second-order valence-electron chi connectivity index (χ2n) is 4.62. The number of benzene rings is 2. The Morgan fingerprint density at radius 2 is 1.79 bits per heavy atom. The first-order valence-electron chi connectivity index (χ1n) is 6.34. The van der Waals surface area contributed by atoms with E-state index in [1.165, 1.54) is 10.8 Å². The van der Waals surface area contributed by atoms with Gasteiger partial charge in [-0.1, -0.05) is 42.5 Å². The summed E-state index contributed by atoms with van der Waals surface area (Å²) < 4.78 is 0. The minimum absolute atomic E-state index is 1.04. The van der Waals surface area contributed by atoms with Crippen LogP contribution in [0.2, 0.25) is 0 Å². The number of nitrogens with one attached hydrogen (secondary N) is 1. The molecule has 4 rings (SSSR count). The third-order valence-corrected chi connectivity index (χ3v) is 3.46. The van der Waals surface area contributed by atoms with Crippen LogP contribution < -0.4 is 10.6 Å². The second-order valence-corrected chi connectivity index (χ2v) is 4.62. The molecule has 90 valence electrons. The molecular weight excluding hydrogens is 232 g/mol. The summed E-state index contributed by atoms with van der Waals surface area (Å²) in [5.74, 6) is 0. The summed E-state index contributed by atoms with van der Waals surface area (Å²) in [6, 6.07) is 12.6. The number of hydrogen-bond donors (Lipinski definition) is 1. The fourth-order valence-corrected chi connectivity index (χ4v) is 2.60. The monoisotopic (exact) mass is 244 g/mol. The maximum Gasteiger partial charge on any atom is 0.0801 e. The van der Waals surface area contributed by atoms with Crippen molar-refractivity contribution in [2.24, 2.45) is 4.99 Å². The maximum atomic E-state index is 4.61. The summed E-state index contributed by atoms with van der Waals surface area (Å²) in [5.41, 5.74) is 2.29. The van der Waals surface area contributed by atoms with Gasteiger partial charge in [0.05, 0.1) is 5.36 Å². The quantitative estimate of drug-likeness (QED) is 0.630. The van der Waals surface area contributed by atoms with Crippen molar-refractivity contribution in [2.75, 3.05) is 0 Å². The van der Waals surface area contributed by atoms with Gasteiger partial charge in [-0.2, -0.15) is 0 Å². The second kappa shape index (κ2) is 3.95. The number of fused-ring (bicyclic) bond motifs is 5. The highest BCUT2D eigenvalue weighted by molar-refractivity contribution is 6.06. The van der Waals surface area contributed by atoms with Crippen LogP contribution in [0, 0.1) is 0 Å². The van der Waals surface area contributed by atoms with E-state index < -0.39 is 0 Å². The maximum absolute atomic E-state index is 4.61. The lowest BCUT2D eigenvalue weighted by atomic mass is 10.1. The van der Waals surface area contributed by atoms with Gasteiger partial charge in [0.15, 0.2) is 0 Å². The highest BCUT2D eigenvalue weighted by Gasteiger charge is 2.06. The molecule has 0 amide bonds. The van der Waals surface area contributed by atoms with Crippen molar-refractivity contribution in [2.45, 2.75) is 0 Å². The highest BCUT2D eigenvalue weighted by Crippen LogP contribution is 2.21. The number of aromatic nitrogens is 1. The lowest BCUT2D eigenvalue weighted by Crippen LogP contribution is -2.24. The standard InChI is InChI=1S/C17H12N2/c1-2-6-12-9-10-15-16(17(12)18-11-5-1)13-7-3-4-8-14(13)19-15/h1-11,19H/b2-1-,5-1?,6-2?,11-5-,12-6-,18-11?,18-17+. The summed E-state index contributed by atoms with van der Waals surface area (Å²) in [4.78, 5) is 8.06. The van der Waals surface area contributed by atoms with Gasteiger partial charge in [-0.15, -0.1) is 0 Å². The van der Waals surface area contributed by atoms with Gasteiger partial charge in [0.2, 0.25) is 0 Å². The molecule has 1 aromatic heterocycles. The molecule has 2 aromatic carbocycles. The van der Waals surface area contributed by atoms with E-state index in [0.29, 0.717) is 0 Å². The summed E-state index contributed by atoms with van der Waals surface area (Å²) in [6.07, 6.45) is 9.94. The van der Waals surface area contributed by atoms with Gasteiger partial charge >= 0.3 is 0 Å². The Labute approximate surface area is 110 Å². The van der Waals surface area contributed by atoms with E-state index in [1.807, 2.05) is 30.5 Å². The Balaban J connectivity index is 2.33. The molecule has 0 bridgehead atoms. The molecule has 0 saturated carbocycles. The van der Waals surface area contributed by atoms with E-state index in [-0.39, 0.29) is 0 Å². The van der Waals surface area contributed by atoms with Crippen LogP contribution in [0.25, 0.3) is 27.9 Å². The smallest absolute Gasteiger partial charge is 0.0801 e. The zero-order chi connectivity index (χ0) is 12.7. The van der Waals surface area contributed by atoms with Crippen molar-refractivity contribution >= 4 is 27.9 Å². The first-order chi connectivity index (χ1) is 9.43. The molecule has 1 N–H and O–H groups in total. The molecule has 2 heterocycles. The molecule has 0 radical (unpaired) electrons. The molecule has 0 unspecified atom stereocenters. The van der Waals surface area contributed by atoms with E-state index in [9.17, 15) is 0 Å². The molecule has 2 nitrogen and oxygen atoms in total. The molecule has 1 aliphatic heterocycles. The molecule has 3 aromatic rings. The van der Waals surface area contributed by atoms with E-state index >= 15 is 0 Å². The summed E-state index contributed by atoms with van der Waals surface area (Å²) >= 11 is 0. The Morgan fingerprint density at radius 3 is 2.79 bits per heavy atom. The van der Waals surface area contributed by atoms with E-state index in [2.05, 4.69) is 46.4 Å². The van der Waals surface area contributed by atoms with Crippen molar-refractivity contribution < 1.29 is 0 Å². The van der Waals surface area contributed by atoms with Gasteiger partial charge < -0.3 is 4.98 Å². The largest absolute Gasteiger partial charge is 0.354 e. The number of aromatic amines is 1. The first kappa shape index (κ1) is 10.3. The number of H-pyrrole nitrogens is 1. The predicted octanol–water partition coefficient (Wildman–Crippen LogP) is 2.80. The summed E-state index contributed by atoms with van der Waals surface area (Å²) in [5, 5.41) is 4.61. The molecule has 19 heavy (non-hydrogen) atoms. The van der Waals surface area contributed by atoms with Crippen molar-refractivity contribution in [1.29, 1.82) is 0 Å². The fourth-order valence-electron chi connectivity index (χ4n) is 2.60. The average molecular weight is 244 g/mol. The zero-order valence-corrected chi connectivity index (χ0v) is 10.3. The Morgan fingerprint density at radius 1 is 0.842 bits per heavy atom. The van der Waals surface area contributed by atoms with Gasteiger partial charge in [0.1, 0.15) is 0 Å². The number of nitrogens with zero attached hydrogens (tertiary/aromatic N) is 1. The Hall–Kier alpha value is -2.61. The van der Waals surface area contributed by atoms with Crippen molar-refractivity contribution in [3.05, 3.63) is 71.4 Å². The third-order valence-electron chi connectivity index (χ3n) is 3.46. The van der Waals surface area contributed by atoms with Crippen LogP contribution in [0.1, 0.15) is 0 Å². The van der Waals surface area contributed by atoms with Gasteiger partial charge in [-0.25, -0.2) is 0 Å². The van der Waals surface area contributed by atoms with Crippen LogP contribution in [0.3, 0.4) is 0 Å². The predicted molar refractivity (Wildman–Crippen MR) is 79.3 cm³/mol. The van der Waals surface area contributed by atoms with Crippen molar-refractivity contribution in [1.82, 2.24) is 4.98 Å². The Bertz CT molecular complexity index is 956. The molecule has 0 spiro atoms. The lowest BCUT2D eigenvalue weighted by molar-refractivity contribution is 1.34. The van der Waals surface area contributed by atoms with Crippen LogP contribution in [-0.4, -0.2) is 4.98 Å². The van der Waals surface area contributed by atoms with Gasteiger partial charge in [-0.3, -0.25) is 4.99 Å². The van der Waals surface area contributed by atoms with Gasteiger partial charge in [-0.05, 0) is 18.2 Å². The minimum Gasteiger partial charge on any atom is -0.354 e. The highest BCUT2D eigenvalue weighted by atomic mass is 14.7. The van der Waals surface area contributed by atoms with E-state index in [0.717, 1.165) is 21.6 Å². The molecule has 1 aliphatic rings. The number of para-hydroxylation sites is 1. The van der Waals surface area contributed by atoms with E-state index in [1.54, 1.807) is 0 Å². The Kier molecular flexibility index (Phi) is 2.15. The molecule has 0 fully saturated rings. The normalized spacial score (nSPS) is 20.6. The molecule has 0 saturated heterocycles. The number of rotatable bonds is 0.